The van der Waals surface area contributed by atoms with E-state index in [1.54, 1.807) is 12.3 Å². The Balaban J connectivity index is 1.29. The maximum absolute atomic E-state index is 12.4. The monoisotopic (exact) mass is 382 g/mol. The molecule has 140 valence electrons. The fourth-order valence-electron chi connectivity index (χ4n) is 5.95. The van der Waals surface area contributed by atoms with Crippen molar-refractivity contribution < 1.29 is 4.79 Å². The summed E-state index contributed by atoms with van der Waals surface area (Å²) in [7, 11) is 0. The zero-order chi connectivity index (χ0) is 18.4. The smallest absolute Gasteiger partial charge is 0.281 e. The molecular formula is C21H23ClN4O. The van der Waals surface area contributed by atoms with Gasteiger partial charge in [-0.3, -0.25) is 9.89 Å². The summed E-state index contributed by atoms with van der Waals surface area (Å²) in [5.74, 6) is 2.27. The van der Waals surface area contributed by atoms with Gasteiger partial charge in [0.05, 0.1) is 6.21 Å². The number of nitrogens with zero attached hydrogens (tertiary/aromatic N) is 2. The van der Waals surface area contributed by atoms with E-state index in [0.717, 1.165) is 29.0 Å². The molecule has 4 aliphatic carbocycles. The lowest BCUT2D eigenvalue weighted by Crippen LogP contribution is -2.48. The molecule has 27 heavy (non-hydrogen) atoms. The number of hydrazone groups is 1. The summed E-state index contributed by atoms with van der Waals surface area (Å²) in [5, 5.41) is 12.1. The van der Waals surface area contributed by atoms with E-state index in [1.165, 1.54) is 38.5 Å². The van der Waals surface area contributed by atoms with Crippen molar-refractivity contribution in [2.75, 3.05) is 0 Å². The summed E-state index contributed by atoms with van der Waals surface area (Å²) >= 11 is 6.09. The Hall–Kier alpha value is -2.14. The Bertz CT molecular complexity index is 868. The van der Waals surface area contributed by atoms with Gasteiger partial charge in [-0.05, 0) is 68.4 Å². The first-order valence-corrected chi connectivity index (χ1v) is 10.1. The normalized spacial score (nSPS) is 31.5. The van der Waals surface area contributed by atoms with Crippen molar-refractivity contribution in [2.45, 2.75) is 43.9 Å². The number of aromatic amines is 1. The van der Waals surface area contributed by atoms with Gasteiger partial charge in [-0.15, -0.1) is 0 Å². The molecule has 4 aliphatic rings. The van der Waals surface area contributed by atoms with Crippen LogP contribution in [0.5, 0.6) is 0 Å². The fraction of sp³-hybridized carbons (Fsp3) is 0.476. The van der Waals surface area contributed by atoms with E-state index in [1.807, 2.05) is 24.3 Å². The molecule has 6 heteroatoms. The van der Waals surface area contributed by atoms with Crippen LogP contribution in [0.15, 0.2) is 35.4 Å². The second-order valence-corrected chi connectivity index (χ2v) is 8.99. The Morgan fingerprint density at radius 1 is 1.19 bits per heavy atom. The molecule has 4 bridgehead atoms. The van der Waals surface area contributed by atoms with Crippen LogP contribution in [0.4, 0.5) is 0 Å². The van der Waals surface area contributed by atoms with Crippen molar-refractivity contribution in [3.05, 3.63) is 52.3 Å². The predicted octanol–water partition coefficient (Wildman–Crippen LogP) is 4.29. The third-order valence-electron chi connectivity index (χ3n) is 6.70. The summed E-state index contributed by atoms with van der Waals surface area (Å²) in [5.41, 5.74) is 5.06. The van der Waals surface area contributed by atoms with Gasteiger partial charge < -0.3 is 0 Å². The molecule has 1 amide bonds. The maximum atomic E-state index is 12.4. The largest absolute Gasteiger partial charge is 0.291 e. The second-order valence-electron chi connectivity index (χ2n) is 8.59. The van der Waals surface area contributed by atoms with Gasteiger partial charge in [0.2, 0.25) is 0 Å². The molecule has 1 aromatic carbocycles. The SMILES string of the molecule is O=C(N/N=C/c1ccccc1Cl)c1cc(C23CC4CC(CC(C4)C2)C3)[nH]n1. The van der Waals surface area contributed by atoms with Gasteiger partial charge in [0.15, 0.2) is 5.69 Å². The Kier molecular flexibility index (Phi) is 4.08. The third-order valence-corrected chi connectivity index (χ3v) is 7.04. The van der Waals surface area contributed by atoms with Crippen LogP contribution < -0.4 is 5.43 Å². The van der Waals surface area contributed by atoms with E-state index in [4.69, 9.17) is 11.6 Å². The molecule has 0 saturated heterocycles. The molecule has 0 radical (unpaired) electrons. The molecule has 2 aromatic rings. The number of rotatable bonds is 4. The topological polar surface area (TPSA) is 70.1 Å². The number of benzene rings is 1. The number of halogens is 1. The standard InChI is InChI=1S/C21H23ClN4O/c22-17-4-2-1-3-16(17)12-23-26-20(27)18-8-19(25-24-18)21-9-13-5-14(10-21)7-15(6-13)11-21/h1-4,8,12-15H,5-7,9-11H2,(H,24,25)(H,26,27)/b23-12+. The van der Waals surface area contributed by atoms with Crippen LogP contribution >= 0.6 is 11.6 Å². The van der Waals surface area contributed by atoms with E-state index >= 15 is 0 Å². The highest BCUT2D eigenvalue weighted by Crippen LogP contribution is 2.60. The van der Waals surface area contributed by atoms with Crippen LogP contribution in [0.25, 0.3) is 0 Å². The van der Waals surface area contributed by atoms with Gasteiger partial charge in [-0.1, -0.05) is 29.8 Å². The van der Waals surface area contributed by atoms with Gasteiger partial charge in [-0.2, -0.15) is 10.2 Å². The highest BCUT2D eigenvalue weighted by molar-refractivity contribution is 6.33. The number of hydrogen-bond acceptors (Lipinski definition) is 3. The van der Waals surface area contributed by atoms with Crippen LogP contribution in [-0.4, -0.2) is 22.3 Å². The fourth-order valence-corrected chi connectivity index (χ4v) is 6.13. The number of amides is 1. The minimum atomic E-state index is -0.300. The molecule has 0 unspecified atom stereocenters. The summed E-state index contributed by atoms with van der Waals surface area (Å²) in [6, 6.07) is 9.30. The highest BCUT2D eigenvalue weighted by Gasteiger charge is 2.52. The molecule has 0 spiro atoms. The highest BCUT2D eigenvalue weighted by atomic mass is 35.5. The zero-order valence-electron chi connectivity index (χ0n) is 15.1. The minimum Gasteiger partial charge on any atom is -0.281 e. The first kappa shape index (κ1) is 17.0. The lowest BCUT2D eigenvalue weighted by atomic mass is 9.49. The summed E-state index contributed by atoms with van der Waals surface area (Å²) < 4.78 is 0. The molecule has 6 rings (SSSR count). The number of hydrogen-bond donors (Lipinski definition) is 2. The molecule has 1 aromatic heterocycles. The zero-order valence-corrected chi connectivity index (χ0v) is 15.9. The van der Waals surface area contributed by atoms with Crippen molar-refractivity contribution in [1.29, 1.82) is 0 Å². The second kappa shape index (κ2) is 6.48. The number of nitrogens with one attached hydrogen (secondary N) is 2. The Labute approximate surface area is 163 Å². The van der Waals surface area contributed by atoms with Crippen LogP contribution in [0.2, 0.25) is 5.02 Å². The Morgan fingerprint density at radius 2 is 1.85 bits per heavy atom. The van der Waals surface area contributed by atoms with Crippen LogP contribution in [-0.2, 0) is 5.41 Å². The molecule has 0 atom stereocenters. The van der Waals surface area contributed by atoms with Gasteiger partial charge in [0.25, 0.3) is 5.91 Å². The van der Waals surface area contributed by atoms with E-state index in [9.17, 15) is 4.79 Å². The van der Waals surface area contributed by atoms with Crippen molar-refractivity contribution in [3.8, 4) is 0 Å². The molecule has 1 heterocycles. The summed E-state index contributed by atoms with van der Waals surface area (Å²) in [6.07, 6.45) is 9.48. The number of aromatic nitrogens is 2. The lowest BCUT2D eigenvalue weighted by Gasteiger charge is -2.56. The predicted molar refractivity (Wildman–Crippen MR) is 105 cm³/mol. The minimum absolute atomic E-state index is 0.209. The van der Waals surface area contributed by atoms with Crippen LogP contribution in [0, 0.1) is 17.8 Å². The van der Waals surface area contributed by atoms with Crippen molar-refractivity contribution in [2.24, 2.45) is 22.9 Å². The van der Waals surface area contributed by atoms with E-state index < -0.39 is 0 Å². The molecule has 4 saturated carbocycles. The first-order valence-electron chi connectivity index (χ1n) is 9.75. The number of carbonyl (C=O) groups is 1. The molecule has 0 aliphatic heterocycles. The van der Waals surface area contributed by atoms with Gasteiger partial charge >= 0.3 is 0 Å². The van der Waals surface area contributed by atoms with Crippen molar-refractivity contribution in [1.82, 2.24) is 15.6 Å². The lowest BCUT2D eigenvalue weighted by molar-refractivity contribution is -0.00721. The first-order chi connectivity index (χ1) is 13.1. The summed E-state index contributed by atoms with van der Waals surface area (Å²) in [6.45, 7) is 0. The van der Waals surface area contributed by atoms with E-state index in [2.05, 4.69) is 20.7 Å². The van der Waals surface area contributed by atoms with Crippen molar-refractivity contribution in [3.63, 3.8) is 0 Å². The number of carbonyl (C=O) groups excluding carboxylic acids is 1. The molecular weight excluding hydrogens is 360 g/mol. The maximum Gasteiger partial charge on any atom is 0.291 e. The van der Waals surface area contributed by atoms with Gasteiger partial charge in [-0.25, -0.2) is 5.43 Å². The van der Waals surface area contributed by atoms with Crippen LogP contribution in [0.3, 0.4) is 0 Å². The molecule has 5 nitrogen and oxygen atoms in total. The van der Waals surface area contributed by atoms with E-state index in [0.29, 0.717) is 10.7 Å². The summed E-state index contributed by atoms with van der Waals surface area (Å²) in [4.78, 5) is 12.4. The average Bonchev–Trinajstić information content (AvgIpc) is 3.13. The number of H-pyrrole nitrogens is 1. The van der Waals surface area contributed by atoms with Gasteiger partial charge in [0.1, 0.15) is 0 Å². The average molecular weight is 383 g/mol. The Morgan fingerprint density at radius 3 is 2.52 bits per heavy atom. The van der Waals surface area contributed by atoms with Gasteiger partial charge in [0, 0.05) is 21.7 Å². The van der Waals surface area contributed by atoms with E-state index in [-0.39, 0.29) is 11.3 Å². The molecule has 2 N–H and O–H groups in total. The quantitative estimate of drug-likeness (QED) is 0.611. The van der Waals surface area contributed by atoms with Crippen LogP contribution in [0.1, 0.15) is 60.3 Å². The van der Waals surface area contributed by atoms with Crippen molar-refractivity contribution >= 4 is 23.7 Å². The molecule has 4 fully saturated rings. The third kappa shape index (κ3) is 3.08.